The summed E-state index contributed by atoms with van der Waals surface area (Å²) in [5.41, 5.74) is 0. The van der Waals surface area contributed by atoms with Gasteiger partial charge in [0, 0.05) is 20.0 Å². The van der Waals surface area contributed by atoms with E-state index < -0.39 is 118 Å². The zero-order chi connectivity index (χ0) is 36.2. The first-order valence-corrected chi connectivity index (χ1v) is 16.5. The summed E-state index contributed by atoms with van der Waals surface area (Å²) in [7, 11) is 1.35. The number of ether oxygens (including phenoxy) is 7. The number of carbonyl (C=O) groups excluding carboxylic acids is 2. The van der Waals surface area contributed by atoms with Gasteiger partial charge in [0.2, 0.25) is 5.91 Å². The molecule has 3 aliphatic rings. The van der Waals surface area contributed by atoms with E-state index in [1.54, 1.807) is 0 Å². The SMILES string of the molecule is COC(=O)CCCCCCCCO[C@@H]1O[C@H](CO)[C@H](O[C@H]2O[C@H](CO)[C@H](O)[C@@H](O[C@@H]3O[C@@H](CO)[C@@H](O)[C@H](O)[C@H]3O)[C@H]2O)[C@H](O)[C@@H]1NC(C)=O. The van der Waals surface area contributed by atoms with Crippen LogP contribution in [0.3, 0.4) is 0 Å². The number of hydrogen-bond acceptors (Lipinski definition) is 18. The molecule has 0 aromatic heterocycles. The van der Waals surface area contributed by atoms with Gasteiger partial charge in [-0.15, -0.1) is 0 Å². The first kappa shape index (κ1) is 41.8. The maximum atomic E-state index is 12.1. The van der Waals surface area contributed by atoms with Crippen molar-refractivity contribution in [3.8, 4) is 0 Å². The number of amides is 1. The molecule has 10 N–H and O–H groups in total. The molecule has 0 spiro atoms. The molecule has 0 aliphatic carbocycles. The van der Waals surface area contributed by atoms with Crippen molar-refractivity contribution in [1.82, 2.24) is 5.32 Å². The van der Waals surface area contributed by atoms with Crippen molar-refractivity contribution in [2.24, 2.45) is 0 Å². The fourth-order valence-corrected chi connectivity index (χ4v) is 5.96. The van der Waals surface area contributed by atoms with Gasteiger partial charge in [-0.1, -0.05) is 25.7 Å². The van der Waals surface area contributed by atoms with Crippen LogP contribution in [0.25, 0.3) is 0 Å². The molecule has 3 heterocycles. The summed E-state index contributed by atoms with van der Waals surface area (Å²) >= 11 is 0. The largest absolute Gasteiger partial charge is 0.469 e. The Bertz CT molecular complexity index is 993. The van der Waals surface area contributed by atoms with Gasteiger partial charge >= 0.3 is 5.97 Å². The lowest BCUT2D eigenvalue weighted by atomic mass is 9.95. The third-order valence-electron chi connectivity index (χ3n) is 8.76. The second-order valence-corrected chi connectivity index (χ2v) is 12.4. The van der Waals surface area contributed by atoms with E-state index in [1.807, 2.05) is 0 Å². The third kappa shape index (κ3) is 11.2. The first-order chi connectivity index (χ1) is 23.4. The molecule has 3 rings (SSSR count). The summed E-state index contributed by atoms with van der Waals surface area (Å²) in [5.74, 6) is -0.786. The highest BCUT2D eigenvalue weighted by molar-refractivity contribution is 5.73. The molecule has 0 aromatic rings. The minimum atomic E-state index is -1.91. The van der Waals surface area contributed by atoms with Gasteiger partial charge in [0.15, 0.2) is 18.9 Å². The highest BCUT2D eigenvalue weighted by Gasteiger charge is 2.54. The molecule has 286 valence electrons. The van der Waals surface area contributed by atoms with Gasteiger partial charge < -0.3 is 84.4 Å². The third-order valence-corrected chi connectivity index (χ3v) is 8.76. The maximum absolute atomic E-state index is 12.1. The normalized spacial score (nSPS) is 39.8. The number of aliphatic hydroxyl groups excluding tert-OH is 9. The molecule has 0 saturated carbocycles. The Morgan fingerprint density at radius 1 is 0.612 bits per heavy atom. The van der Waals surface area contributed by atoms with Crippen LogP contribution in [-0.2, 0) is 42.7 Å². The molecule has 0 bridgehead atoms. The minimum Gasteiger partial charge on any atom is -0.469 e. The first-order valence-electron chi connectivity index (χ1n) is 16.5. The molecule has 3 fully saturated rings. The van der Waals surface area contributed by atoms with Crippen LogP contribution < -0.4 is 5.32 Å². The lowest BCUT2D eigenvalue weighted by molar-refractivity contribution is -0.376. The summed E-state index contributed by atoms with van der Waals surface area (Å²) in [6, 6.07) is -1.20. The van der Waals surface area contributed by atoms with Crippen LogP contribution in [0, 0.1) is 0 Å². The van der Waals surface area contributed by atoms with Crippen LogP contribution in [0.4, 0.5) is 0 Å². The smallest absolute Gasteiger partial charge is 0.305 e. The molecule has 19 heteroatoms. The van der Waals surface area contributed by atoms with E-state index in [0.29, 0.717) is 12.8 Å². The van der Waals surface area contributed by atoms with Crippen LogP contribution in [-0.4, -0.2) is 183 Å². The Morgan fingerprint density at radius 2 is 1.14 bits per heavy atom. The van der Waals surface area contributed by atoms with Crippen LogP contribution in [0.5, 0.6) is 0 Å². The average molecular weight is 716 g/mol. The number of carbonyl (C=O) groups is 2. The summed E-state index contributed by atoms with van der Waals surface area (Å²) < 4.78 is 38.6. The lowest BCUT2D eigenvalue weighted by Crippen LogP contribution is -2.68. The van der Waals surface area contributed by atoms with Crippen molar-refractivity contribution < 1.29 is 88.7 Å². The molecule has 15 atom stereocenters. The Morgan fingerprint density at radius 3 is 1.73 bits per heavy atom. The van der Waals surface area contributed by atoms with Crippen molar-refractivity contribution in [3.63, 3.8) is 0 Å². The summed E-state index contributed by atoms with van der Waals surface area (Å²) in [4.78, 5) is 23.3. The molecule has 3 aliphatic heterocycles. The van der Waals surface area contributed by atoms with E-state index >= 15 is 0 Å². The number of methoxy groups -OCH3 is 1. The highest BCUT2D eigenvalue weighted by Crippen LogP contribution is 2.33. The van der Waals surface area contributed by atoms with Gasteiger partial charge in [-0.2, -0.15) is 0 Å². The summed E-state index contributed by atoms with van der Waals surface area (Å²) in [6.45, 7) is -0.888. The van der Waals surface area contributed by atoms with E-state index in [4.69, 9.17) is 28.4 Å². The highest BCUT2D eigenvalue weighted by atomic mass is 16.8. The van der Waals surface area contributed by atoms with Gasteiger partial charge in [0.05, 0.1) is 26.9 Å². The van der Waals surface area contributed by atoms with Crippen LogP contribution in [0.1, 0.15) is 51.9 Å². The van der Waals surface area contributed by atoms with Crippen molar-refractivity contribution in [2.75, 3.05) is 33.5 Å². The minimum absolute atomic E-state index is 0.191. The summed E-state index contributed by atoms with van der Waals surface area (Å²) in [6.07, 6.45) is -17.5. The molecular formula is C30H53NO18. The Hall–Kier alpha value is -1.66. The number of rotatable bonds is 18. The number of aliphatic hydroxyl groups is 9. The van der Waals surface area contributed by atoms with Crippen LogP contribution in [0.2, 0.25) is 0 Å². The predicted molar refractivity (Wildman–Crippen MR) is 161 cm³/mol. The van der Waals surface area contributed by atoms with Gasteiger partial charge in [0.1, 0.15) is 73.2 Å². The molecule has 49 heavy (non-hydrogen) atoms. The Kier molecular flexibility index (Phi) is 17.4. The van der Waals surface area contributed by atoms with E-state index in [-0.39, 0.29) is 12.6 Å². The number of esters is 1. The molecule has 3 saturated heterocycles. The van der Waals surface area contributed by atoms with E-state index in [2.05, 4.69) is 10.1 Å². The zero-order valence-electron chi connectivity index (χ0n) is 27.6. The molecular weight excluding hydrogens is 662 g/mol. The van der Waals surface area contributed by atoms with Gasteiger partial charge in [-0.25, -0.2) is 0 Å². The average Bonchev–Trinajstić information content (AvgIpc) is 3.08. The van der Waals surface area contributed by atoms with Gasteiger partial charge in [0.25, 0.3) is 0 Å². The molecule has 1 amide bonds. The Labute approximate surface area is 283 Å². The Balaban J connectivity index is 1.64. The van der Waals surface area contributed by atoms with Crippen LogP contribution >= 0.6 is 0 Å². The van der Waals surface area contributed by atoms with Gasteiger partial charge in [-0.05, 0) is 12.8 Å². The maximum Gasteiger partial charge on any atom is 0.305 e. The van der Waals surface area contributed by atoms with E-state index in [1.165, 1.54) is 14.0 Å². The number of unbranched alkanes of at least 4 members (excludes halogenated alkanes) is 5. The quantitative estimate of drug-likeness (QED) is 0.0472. The van der Waals surface area contributed by atoms with Crippen molar-refractivity contribution in [1.29, 1.82) is 0 Å². The predicted octanol–water partition coefficient (Wildman–Crippen LogP) is -4.50. The monoisotopic (exact) mass is 715 g/mol. The van der Waals surface area contributed by atoms with Crippen molar-refractivity contribution >= 4 is 11.9 Å². The second-order valence-electron chi connectivity index (χ2n) is 12.4. The molecule has 0 aromatic carbocycles. The van der Waals surface area contributed by atoms with Crippen LogP contribution in [0.15, 0.2) is 0 Å². The molecule has 19 nitrogen and oxygen atoms in total. The number of nitrogens with one attached hydrogen (secondary N) is 1. The lowest BCUT2D eigenvalue weighted by Gasteiger charge is -2.48. The molecule has 0 radical (unpaired) electrons. The topological polar surface area (TPSA) is 293 Å². The van der Waals surface area contributed by atoms with E-state index in [9.17, 15) is 55.5 Å². The molecule has 0 unspecified atom stereocenters. The fourth-order valence-electron chi connectivity index (χ4n) is 5.96. The number of hydrogen-bond donors (Lipinski definition) is 10. The van der Waals surface area contributed by atoms with E-state index in [0.717, 1.165) is 32.1 Å². The van der Waals surface area contributed by atoms with Gasteiger partial charge in [-0.3, -0.25) is 9.59 Å². The second kappa shape index (κ2) is 20.4. The standard InChI is InChI=1S/C30H53NO18/c1-14(35)31-19-22(39)26(17(13-34)47-28(19)44-10-8-6-4-3-5-7-9-18(36)43-2)48-30-25(42)27(21(38)16(12-33)46-30)49-29-24(41)23(40)20(37)15(11-32)45-29/h15-17,19-30,32-34,37-42H,3-13H2,1-2H3,(H,31,35)/t15-,16+,17+,19-,20+,21-,22+,23-,24+,25+,26-,27+,28+,29-,30+/m0/s1. The zero-order valence-corrected chi connectivity index (χ0v) is 27.6. The van der Waals surface area contributed by atoms with Crippen molar-refractivity contribution in [2.45, 2.75) is 144 Å². The summed E-state index contributed by atoms with van der Waals surface area (Å²) in [5, 5.41) is 96.0. The van der Waals surface area contributed by atoms with Crippen molar-refractivity contribution in [3.05, 3.63) is 0 Å². The fraction of sp³-hybridized carbons (Fsp3) is 0.933.